The summed E-state index contributed by atoms with van der Waals surface area (Å²) in [4.78, 5) is 14.3. The van der Waals surface area contributed by atoms with Crippen LogP contribution in [-0.2, 0) is 20.7 Å². The van der Waals surface area contributed by atoms with E-state index in [1.54, 1.807) is 0 Å². The quantitative estimate of drug-likeness (QED) is 0.854. The van der Waals surface area contributed by atoms with E-state index in [0.29, 0.717) is 18.1 Å². The fourth-order valence-corrected chi connectivity index (χ4v) is 3.44. The van der Waals surface area contributed by atoms with Crippen LogP contribution in [0.1, 0.15) is 31.2 Å². The number of nitrogens with zero attached hydrogens (tertiary/aromatic N) is 1. The number of carbonyl (C=O) groups excluding carboxylic acids is 1. The van der Waals surface area contributed by atoms with Gasteiger partial charge in [-0.1, -0.05) is 23.7 Å². The van der Waals surface area contributed by atoms with Gasteiger partial charge in [-0.3, -0.25) is 4.79 Å². The number of halogens is 1. The van der Waals surface area contributed by atoms with Crippen molar-refractivity contribution in [2.75, 3.05) is 31.3 Å². The van der Waals surface area contributed by atoms with E-state index in [0.717, 1.165) is 56.7 Å². The third kappa shape index (κ3) is 3.62. The molecule has 0 atom stereocenters. The molecule has 1 aromatic rings. The molecule has 5 heteroatoms. The molecule has 0 bridgehead atoms. The van der Waals surface area contributed by atoms with Gasteiger partial charge in [0.25, 0.3) is 0 Å². The fourth-order valence-electron chi connectivity index (χ4n) is 3.14. The Balaban J connectivity index is 1.57. The first-order chi connectivity index (χ1) is 10.8. The van der Waals surface area contributed by atoms with Crippen molar-refractivity contribution in [1.29, 1.82) is 0 Å². The summed E-state index contributed by atoms with van der Waals surface area (Å²) in [6.07, 6.45) is 4.46. The zero-order chi connectivity index (χ0) is 15.4. The second-order valence-corrected chi connectivity index (χ2v) is 6.24. The van der Waals surface area contributed by atoms with Crippen molar-refractivity contribution in [1.82, 2.24) is 0 Å². The van der Waals surface area contributed by atoms with Crippen LogP contribution in [0.4, 0.5) is 5.69 Å². The molecule has 0 unspecified atom stereocenters. The Bertz CT molecular complexity index is 529. The molecule has 120 valence electrons. The average molecular weight is 324 g/mol. The molecule has 2 aliphatic rings. The van der Waals surface area contributed by atoms with Gasteiger partial charge in [-0.05, 0) is 37.3 Å². The lowest BCUT2D eigenvalue weighted by molar-refractivity contribution is -0.120. The molecule has 3 rings (SSSR count). The van der Waals surface area contributed by atoms with Crippen LogP contribution in [0.3, 0.4) is 0 Å². The van der Waals surface area contributed by atoms with Gasteiger partial charge in [0.1, 0.15) is 0 Å². The number of para-hydroxylation sites is 1. The number of fused-ring (bicyclic) bond motifs is 1. The van der Waals surface area contributed by atoms with E-state index in [1.165, 1.54) is 0 Å². The maximum Gasteiger partial charge on any atom is 0.229 e. The van der Waals surface area contributed by atoms with Gasteiger partial charge in [0.2, 0.25) is 5.91 Å². The molecule has 1 amide bonds. The molecule has 22 heavy (non-hydrogen) atoms. The summed E-state index contributed by atoms with van der Waals surface area (Å²) >= 11 is 6.30. The molecule has 2 aliphatic heterocycles. The second-order valence-electron chi connectivity index (χ2n) is 5.83. The first-order valence-corrected chi connectivity index (χ1v) is 8.40. The summed E-state index contributed by atoms with van der Waals surface area (Å²) in [6, 6.07) is 5.85. The molecule has 0 saturated carbocycles. The van der Waals surface area contributed by atoms with Crippen molar-refractivity contribution in [3.8, 4) is 0 Å². The van der Waals surface area contributed by atoms with Crippen LogP contribution in [0.25, 0.3) is 0 Å². The van der Waals surface area contributed by atoms with E-state index in [1.807, 2.05) is 17.0 Å². The van der Waals surface area contributed by atoms with Crippen LogP contribution >= 0.6 is 11.6 Å². The van der Waals surface area contributed by atoms with Crippen LogP contribution in [0.15, 0.2) is 18.2 Å². The van der Waals surface area contributed by atoms with Gasteiger partial charge in [-0.2, -0.15) is 0 Å². The Morgan fingerprint density at radius 2 is 2.18 bits per heavy atom. The van der Waals surface area contributed by atoms with E-state index in [2.05, 4.69) is 6.07 Å². The predicted molar refractivity (Wildman–Crippen MR) is 86.5 cm³/mol. The zero-order valence-electron chi connectivity index (χ0n) is 12.7. The molecule has 0 aromatic heterocycles. The molecule has 1 aromatic carbocycles. The highest BCUT2D eigenvalue weighted by Crippen LogP contribution is 2.34. The molecule has 0 radical (unpaired) electrons. The lowest BCUT2D eigenvalue weighted by Crippen LogP contribution is -2.36. The minimum absolute atomic E-state index is 0.0982. The fraction of sp³-hybridized carbons (Fsp3) is 0.588. The first-order valence-electron chi connectivity index (χ1n) is 8.03. The van der Waals surface area contributed by atoms with E-state index < -0.39 is 0 Å². The predicted octanol–water partition coefficient (Wildman–Crippen LogP) is 3.20. The molecule has 1 saturated heterocycles. The van der Waals surface area contributed by atoms with Crippen LogP contribution in [0, 0.1) is 0 Å². The van der Waals surface area contributed by atoms with Crippen molar-refractivity contribution in [3.05, 3.63) is 28.8 Å². The average Bonchev–Trinajstić information content (AvgIpc) is 2.55. The van der Waals surface area contributed by atoms with Gasteiger partial charge in [0.05, 0.1) is 29.8 Å². The SMILES string of the molecule is O=C(CCOC1CCOCC1)N1CCCc2cccc(Cl)c21. The number of carbonyl (C=O) groups is 1. The Labute approximate surface area is 136 Å². The normalized spacial score (nSPS) is 19.0. The number of anilines is 1. The van der Waals surface area contributed by atoms with E-state index >= 15 is 0 Å². The third-order valence-electron chi connectivity index (χ3n) is 4.31. The number of aryl methyl sites for hydroxylation is 1. The van der Waals surface area contributed by atoms with Gasteiger partial charge >= 0.3 is 0 Å². The van der Waals surface area contributed by atoms with Gasteiger partial charge in [-0.15, -0.1) is 0 Å². The van der Waals surface area contributed by atoms with Crippen molar-refractivity contribution in [2.24, 2.45) is 0 Å². The number of hydrogen-bond acceptors (Lipinski definition) is 3. The van der Waals surface area contributed by atoms with Crippen molar-refractivity contribution < 1.29 is 14.3 Å². The number of ether oxygens (including phenoxy) is 2. The molecule has 0 N–H and O–H groups in total. The summed E-state index contributed by atoms with van der Waals surface area (Å²) in [5.74, 6) is 0.0982. The van der Waals surface area contributed by atoms with Crippen LogP contribution in [0.5, 0.6) is 0 Å². The first kappa shape index (κ1) is 15.8. The van der Waals surface area contributed by atoms with Gasteiger partial charge < -0.3 is 14.4 Å². The van der Waals surface area contributed by atoms with Gasteiger partial charge in [0, 0.05) is 19.8 Å². The van der Waals surface area contributed by atoms with E-state index in [-0.39, 0.29) is 12.0 Å². The largest absolute Gasteiger partial charge is 0.381 e. The molecule has 2 heterocycles. The van der Waals surface area contributed by atoms with Crippen molar-refractivity contribution >= 4 is 23.2 Å². The molecule has 1 fully saturated rings. The molecule has 0 aliphatic carbocycles. The Morgan fingerprint density at radius 1 is 1.36 bits per heavy atom. The lowest BCUT2D eigenvalue weighted by atomic mass is 10.0. The third-order valence-corrected chi connectivity index (χ3v) is 4.61. The van der Waals surface area contributed by atoms with Crippen LogP contribution in [0.2, 0.25) is 5.02 Å². The summed E-state index contributed by atoms with van der Waals surface area (Å²) in [6.45, 7) is 2.73. The standard InChI is InChI=1S/C17H22ClNO3/c18-15-5-1-3-13-4-2-9-19(17(13)15)16(20)8-12-22-14-6-10-21-11-7-14/h1,3,5,14H,2,4,6-12H2. The minimum atomic E-state index is 0.0982. The summed E-state index contributed by atoms with van der Waals surface area (Å²) in [7, 11) is 0. The highest BCUT2D eigenvalue weighted by molar-refractivity contribution is 6.34. The molecular formula is C17H22ClNO3. The van der Waals surface area contributed by atoms with Crippen LogP contribution < -0.4 is 4.90 Å². The van der Waals surface area contributed by atoms with E-state index in [9.17, 15) is 4.79 Å². The topological polar surface area (TPSA) is 38.8 Å². The number of benzene rings is 1. The second kappa shape index (κ2) is 7.44. The monoisotopic (exact) mass is 323 g/mol. The maximum atomic E-state index is 12.5. The Morgan fingerprint density at radius 3 is 3.00 bits per heavy atom. The van der Waals surface area contributed by atoms with Gasteiger partial charge in [-0.25, -0.2) is 0 Å². The van der Waals surface area contributed by atoms with Crippen LogP contribution in [-0.4, -0.2) is 38.4 Å². The summed E-state index contributed by atoms with van der Waals surface area (Å²) in [5.41, 5.74) is 2.06. The Hall–Kier alpha value is -1.10. The summed E-state index contributed by atoms with van der Waals surface area (Å²) < 4.78 is 11.1. The maximum absolute atomic E-state index is 12.5. The highest BCUT2D eigenvalue weighted by atomic mass is 35.5. The van der Waals surface area contributed by atoms with E-state index in [4.69, 9.17) is 21.1 Å². The van der Waals surface area contributed by atoms with Crippen molar-refractivity contribution in [2.45, 2.75) is 38.2 Å². The van der Waals surface area contributed by atoms with Crippen molar-refractivity contribution in [3.63, 3.8) is 0 Å². The lowest BCUT2D eigenvalue weighted by Gasteiger charge is -2.30. The number of hydrogen-bond donors (Lipinski definition) is 0. The smallest absolute Gasteiger partial charge is 0.229 e. The number of amides is 1. The summed E-state index contributed by atoms with van der Waals surface area (Å²) in [5, 5.41) is 0.663. The number of rotatable bonds is 4. The zero-order valence-corrected chi connectivity index (χ0v) is 13.5. The highest BCUT2D eigenvalue weighted by Gasteiger charge is 2.24. The Kier molecular flexibility index (Phi) is 5.34. The minimum Gasteiger partial charge on any atom is -0.381 e. The molecular weight excluding hydrogens is 302 g/mol. The molecule has 0 spiro atoms. The molecule has 4 nitrogen and oxygen atoms in total. The van der Waals surface area contributed by atoms with Gasteiger partial charge in [0.15, 0.2) is 0 Å².